The van der Waals surface area contributed by atoms with E-state index in [-0.39, 0.29) is 11.5 Å². The van der Waals surface area contributed by atoms with Crippen LogP contribution in [0.4, 0.5) is 5.69 Å². The predicted octanol–water partition coefficient (Wildman–Crippen LogP) is 4.79. The van der Waals surface area contributed by atoms with Crippen molar-refractivity contribution in [1.29, 1.82) is 0 Å². The largest absolute Gasteiger partial charge is 0.264 e. The van der Waals surface area contributed by atoms with E-state index in [1.54, 1.807) is 0 Å². The maximum atomic E-state index is 10.7. The molecule has 0 aliphatic heterocycles. The summed E-state index contributed by atoms with van der Waals surface area (Å²) in [5.41, 5.74) is 1.48. The predicted molar refractivity (Wildman–Crippen MR) is 83.4 cm³/mol. The van der Waals surface area contributed by atoms with Crippen LogP contribution in [0.15, 0.2) is 35.3 Å². The van der Waals surface area contributed by atoms with E-state index in [0.29, 0.717) is 5.71 Å². The van der Waals surface area contributed by atoms with Gasteiger partial charge in [0.1, 0.15) is 0 Å². The summed E-state index contributed by atoms with van der Waals surface area (Å²) >= 11 is 0. The Kier molecular flexibility index (Phi) is 8.27. The van der Waals surface area contributed by atoms with E-state index >= 15 is 0 Å². The maximum Gasteiger partial charge on any atom is 0.241 e. The van der Waals surface area contributed by atoms with Crippen molar-refractivity contribution in [2.45, 2.75) is 51.9 Å². The van der Waals surface area contributed by atoms with Gasteiger partial charge in [0.25, 0.3) is 0 Å². The molecule has 0 atom stereocenters. The van der Waals surface area contributed by atoms with Gasteiger partial charge in [-0.1, -0.05) is 57.2 Å². The van der Waals surface area contributed by atoms with Crippen molar-refractivity contribution < 1.29 is 4.92 Å². The van der Waals surface area contributed by atoms with Crippen LogP contribution in [0.25, 0.3) is 0 Å². The molecule has 4 nitrogen and oxygen atoms in total. The zero-order chi connectivity index (χ0) is 14.6. The number of aliphatic imine (C=N–C) groups is 1. The highest BCUT2D eigenvalue weighted by molar-refractivity contribution is 5.87. The summed E-state index contributed by atoms with van der Waals surface area (Å²) in [5.74, 6) is 0. The van der Waals surface area contributed by atoms with E-state index in [1.165, 1.54) is 25.7 Å². The molecule has 0 unspecified atom stereocenters. The molecule has 0 heterocycles. The highest BCUT2D eigenvalue weighted by Crippen LogP contribution is 2.13. The lowest BCUT2D eigenvalue weighted by atomic mass is 10.1. The van der Waals surface area contributed by atoms with Crippen molar-refractivity contribution in [3.63, 3.8) is 0 Å². The number of hydrogen-bond donors (Lipinski definition) is 0. The van der Waals surface area contributed by atoms with E-state index in [9.17, 15) is 10.1 Å². The number of nitrogens with zero attached hydrogens (tertiary/aromatic N) is 2. The SMILES string of the molecule is CCCCCCCC/C(C[N+](=O)[O-])=N\c1ccccc1. The molecule has 0 saturated carbocycles. The Labute approximate surface area is 121 Å². The third kappa shape index (κ3) is 7.67. The van der Waals surface area contributed by atoms with Crippen LogP contribution in [0.5, 0.6) is 0 Å². The fourth-order valence-corrected chi connectivity index (χ4v) is 2.11. The van der Waals surface area contributed by atoms with Gasteiger partial charge in [-0.2, -0.15) is 0 Å². The molecule has 0 bridgehead atoms. The molecule has 0 N–H and O–H groups in total. The number of para-hydroxylation sites is 1. The topological polar surface area (TPSA) is 55.5 Å². The first-order valence-electron chi connectivity index (χ1n) is 7.45. The second-order valence-electron chi connectivity index (χ2n) is 5.02. The maximum absolute atomic E-state index is 10.7. The number of benzene rings is 1. The van der Waals surface area contributed by atoms with Gasteiger partial charge < -0.3 is 0 Å². The molecule has 0 amide bonds. The van der Waals surface area contributed by atoms with Crippen LogP contribution in [0.3, 0.4) is 0 Å². The Morgan fingerprint density at radius 1 is 1.10 bits per heavy atom. The van der Waals surface area contributed by atoms with Crippen LogP contribution in [0, 0.1) is 10.1 Å². The van der Waals surface area contributed by atoms with E-state index < -0.39 is 0 Å². The normalized spacial score (nSPS) is 11.6. The highest BCUT2D eigenvalue weighted by Gasteiger charge is 2.07. The van der Waals surface area contributed by atoms with E-state index in [4.69, 9.17) is 0 Å². The molecule has 0 spiro atoms. The Balaban J connectivity index is 2.44. The van der Waals surface area contributed by atoms with Crippen molar-refractivity contribution in [2.75, 3.05) is 6.54 Å². The second-order valence-corrected chi connectivity index (χ2v) is 5.02. The van der Waals surface area contributed by atoms with Crippen LogP contribution in [-0.4, -0.2) is 17.2 Å². The quantitative estimate of drug-likeness (QED) is 0.267. The summed E-state index contributed by atoms with van der Waals surface area (Å²) < 4.78 is 0. The standard InChI is InChI=1S/C16H24N2O2/c1-2-3-4-5-6-8-13-16(14-18(19)20)17-15-11-9-7-10-12-15/h7,9-12H,2-6,8,13-14H2,1H3/b17-16+. The lowest BCUT2D eigenvalue weighted by Crippen LogP contribution is -2.13. The number of hydrogen-bond acceptors (Lipinski definition) is 3. The van der Waals surface area contributed by atoms with Crippen LogP contribution in [-0.2, 0) is 0 Å². The Bertz CT molecular complexity index is 416. The van der Waals surface area contributed by atoms with Gasteiger partial charge in [-0.3, -0.25) is 15.1 Å². The molecule has 1 aromatic carbocycles. The minimum absolute atomic E-state index is 0.149. The van der Waals surface area contributed by atoms with Gasteiger partial charge in [-0.25, -0.2) is 0 Å². The molecule has 110 valence electrons. The molecule has 0 aromatic heterocycles. The number of unbranched alkanes of at least 4 members (excludes halogenated alkanes) is 5. The third-order valence-corrected chi connectivity index (χ3v) is 3.17. The van der Waals surface area contributed by atoms with Crippen LogP contribution >= 0.6 is 0 Å². The first-order valence-corrected chi connectivity index (χ1v) is 7.45. The van der Waals surface area contributed by atoms with Crippen LogP contribution in [0.1, 0.15) is 51.9 Å². The summed E-state index contributed by atoms with van der Waals surface area (Å²) in [6.45, 7) is 2.05. The Hall–Kier alpha value is -1.71. The van der Waals surface area contributed by atoms with Gasteiger partial charge in [0.15, 0.2) is 0 Å². The summed E-state index contributed by atoms with van der Waals surface area (Å²) in [4.78, 5) is 14.8. The molecule has 20 heavy (non-hydrogen) atoms. The average Bonchev–Trinajstić information content (AvgIpc) is 2.43. The number of rotatable bonds is 10. The van der Waals surface area contributed by atoms with E-state index in [2.05, 4.69) is 11.9 Å². The highest BCUT2D eigenvalue weighted by atomic mass is 16.6. The molecule has 1 rings (SSSR count). The van der Waals surface area contributed by atoms with Gasteiger partial charge in [0.2, 0.25) is 6.54 Å². The smallest absolute Gasteiger partial charge is 0.241 e. The monoisotopic (exact) mass is 276 g/mol. The van der Waals surface area contributed by atoms with Crippen molar-refractivity contribution in [3.8, 4) is 0 Å². The summed E-state index contributed by atoms with van der Waals surface area (Å²) in [7, 11) is 0. The zero-order valence-corrected chi connectivity index (χ0v) is 12.3. The Morgan fingerprint density at radius 3 is 2.40 bits per heavy atom. The van der Waals surface area contributed by atoms with Gasteiger partial charge in [-0.15, -0.1) is 0 Å². The van der Waals surface area contributed by atoms with Gasteiger partial charge in [0.05, 0.1) is 11.4 Å². The molecular weight excluding hydrogens is 252 g/mol. The van der Waals surface area contributed by atoms with Crippen LogP contribution < -0.4 is 0 Å². The zero-order valence-electron chi connectivity index (χ0n) is 12.3. The molecule has 0 aliphatic rings. The van der Waals surface area contributed by atoms with E-state index in [0.717, 1.165) is 24.9 Å². The van der Waals surface area contributed by atoms with E-state index in [1.807, 2.05) is 30.3 Å². The molecule has 0 radical (unpaired) electrons. The van der Waals surface area contributed by atoms with Gasteiger partial charge >= 0.3 is 0 Å². The molecule has 0 aliphatic carbocycles. The van der Waals surface area contributed by atoms with Crippen LogP contribution in [0.2, 0.25) is 0 Å². The molecule has 0 saturated heterocycles. The molecule has 4 heteroatoms. The van der Waals surface area contributed by atoms with Crippen molar-refractivity contribution in [3.05, 3.63) is 40.4 Å². The average molecular weight is 276 g/mol. The fourth-order valence-electron chi connectivity index (χ4n) is 2.11. The van der Waals surface area contributed by atoms with Gasteiger partial charge in [0, 0.05) is 4.92 Å². The minimum Gasteiger partial charge on any atom is -0.264 e. The molecular formula is C16H24N2O2. The van der Waals surface area contributed by atoms with Crippen molar-refractivity contribution >= 4 is 11.4 Å². The number of nitro groups is 1. The first kappa shape index (κ1) is 16.3. The molecule has 1 aromatic rings. The fraction of sp³-hybridized carbons (Fsp3) is 0.562. The summed E-state index contributed by atoms with van der Waals surface area (Å²) in [6, 6.07) is 9.46. The van der Waals surface area contributed by atoms with Crippen molar-refractivity contribution in [1.82, 2.24) is 0 Å². The lowest BCUT2D eigenvalue weighted by molar-refractivity contribution is -0.463. The second kappa shape index (κ2) is 10.1. The lowest BCUT2D eigenvalue weighted by Gasteiger charge is -2.03. The third-order valence-electron chi connectivity index (χ3n) is 3.17. The Morgan fingerprint density at radius 2 is 1.75 bits per heavy atom. The van der Waals surface area contributed by atoms with Crippen molar-refractivity contribution in [2.24, 2.45) is 4.99 Å². The van der Waals surface area contributed by atoms with Gasteiger partial charge in [-0.05, 0) is 25.0 Å². The summed E-state index contributed by atoms with van der Waals surface area (Å²) in [5, 5.41) is 10.7. The minimum atomic E-state index is -0.293. The first-order chi connectivity index (χ1) is 9.72. The molecule has 0 fully saturated rings. The summed E-state index contributed by atoms with van der Waals surface area (Å²) in [6.07, 6.45) is 7.83.